The molecule has 3 aromatic rings. The Kier molecular flexibility index (Phi) is 7.96. The molecule has 3 heterocycles. The summed E-state index contributed by atoms with van der Waals surface area (Å²) in [6.07, 6.45) is -3.26. The predicted octanol–water partition coefficient (Wildman–Crippen LogP) is 4.34. The lowest BCUT2D eigenvalue weighted by molar-refractivity contribution is -0.138. The summed E-state index contributed by atoms with van der Waals surface area (Å²) in [6, 6.07) is 5.54. The van der Waals surface area contributed by atoms with Crippen LogP contribution in [0, 0.1) is 6.92 Å². The van der Waals surface area contributed by atoms with Crippen LogP contribution in [0.3, 0.4) is 0 Å². The summed E-state index contributed by atoms with van der Waals surface area (Å²) >= 11 is 0. The van der Waals surface area contributed by atoms with Crippen molar-refractivity contribution in [3.8, 4) is 17.6 Å². The van der Waals surface area contributed by atoms with E-state index in [-0.39, 0.29) is 23.6 Å². The molecule has 5 N–H and O–H groups in total. The van der Waals surface area contributed by atoms with E-state index < -0.39 is 23.5 Å². The third-order valence-electron chi connectivity index (χ3n) is 5.36. The van der Waals surface area contributed by atoms with Gasteiger partial charge in [-0.25, -0.2) is 9.78 Å². The van der Waals surface area contributed by atoms with Gasteiger partial charge in [-0.15, -0.1) is 5.10 Å². The smallest absolute Gasteiger partial charge is 0.420 e. The molecule has 0 radical (unpaired) electrons. The van der Waals surface area contributed by atoms with Gasteiger partial charge in [-0.1, -0.05) is 0 Å². The molecule has 0 atom stereocenters. The van der Waals surface area contributed by atoms with Crippen LogP contribution in [0.5, 0.6) is 17.6 Å². The maximum absolute atomic E-state index is 13.9. The number of carbonyl (C=O) groups excluding carboxylic acids is 1. The molecule has 14 heteroatoms. The lowest BCUT2D eigenvalue weighted by atomic mass is 10.1. The van der Waals surface area contributed by atoms with Gasteiger partial charge in [-0.2, -0.15) is 18.2 Å². The van der Waals surface area contributed by atoms with Crippen molar-refractivity contribution in [2.24, 2.45) is 0 Å². The van der Waals surface area contributed by atoms with Gasteiger partial charge in [0, 0.05) is 29.6 Å². The van der Waals surface area contributed by atoms with E-state index in [0.29, 0.717) is 24.0 Å². The van der Waals surface area contributed by atoms with Crippen molar-refractivity contribution in [1.82, 2.24) is 30.8 Å². The summed E-state index contributed by atoms with van der Waals surface area (Å²) in [5, 5.41) is 18.1. The third-order valence-corrected chi connectivity index (χ3v) is 5.36. The monoisotopic (exact) mass is 520 g/mol. The Bertz CT molecular complexity index is 1230. The number of anilines is 3. The number of alkyl halides is 3. The van der Waals surface area contributed by atoms with Crippen molar-refractivity contribution < 1.29 is 27.4 Å². The van der Waals surface area contributed by atoms with E-state index in [4.69, 9.17) is 9.47 Å². The van der Waals surface area contributed by atoms with E-state index in [1.54, 1.807) is 19.1 Å². The van der Waals surface area contributed by atoms with Crippen molar-refractivity contribution in [2.75, 3.05) is 30.3 Å². The van der Waals surface area contributed by atoms with E-state index in [2.05, 4.69) is 41.4 Å². The number of benzene rings is 1. The molecule has 0 aliphatic carbocycles. The van der Waals surface area contributed by atoms with Gasteiger partial charge in [-0.05, 0) is 58.0 Å². The van der Waals surface area contributed by atoms with E-state index in [1.807, 2.05) is 6.92 Å². The zero-order valence-corrected chi connectivity index (χ0v) is 20.2. The first kappa shape index (κ1) is 26.0. The molecule has 1 fully saturated rings. The summed E-state index contributed by atoms with van der Waals surface area (Å²) < 4.78 is 52.3. The van der Waals surface area contributed by atoms with Crippen LogP contribution in [0.1, 0.15) is 31.0 Å². The van der Waals surface area contributed by atoms with E-state index in [0.717, 1.165) is 38.1 Å². The number of aromatic nitrogens is 4. The number of nitrogens with zero attached hydrogens (tertiary/aromatic N) is 3. The fraction of sp³-hybridized carbons (Fsp3) is 0.391. The van der Waals surface area contributed by atoms with Crippen LogP contribution < -0.4 is 30.7 Å². The fourth-order valence-electron chi connectivity index (χ4n) is 3.71. The molecule has 2 aromatic heterocycles. The number of nitrogens with one attached hydrogen (secondary N) is 5. The van der Waals surface area contributed by atoms with E-state index >= 15 is 0 Å². The minimum absolute atomic E-state index is 0.0250. The van der Waals surface area contributed by atoms with Gasteiger partial charge in [0.05, 0.1) is 6.61 Å². The SMILES string of the molecule is CCOc1cc(Nc2cc(C)nc(Oc3ccc(NC(=O)NC4CCNCC4)cc3C(F)(F)F)n2)[nH]n1. The van der Waals surface area contributed by atoms with Crippen LogP contribution in [0.25, 0.3) is 0 Å². The Labute approximate surface area is 210 Å². The number of aryl methyl sites for hydroxylation is 1. The van der Waals surface area contributed by atoms with Gasteiger partial charge in [-0.3, -0.25) is 5.10 Å². The molecule has 1 aliphatic rings. The van der Waals surface area contributed by atoms with Crippen LogP contribution in [0.15, 0.2) is 30.3 Å². The van der Waals surface area contributed by atoms with Crippen molar-refractivity contribution in [3.63, 3.8) is 0 Å². The number of rotatable bonds is 8. The van der Waals surface area contributed by atoms with Crippen LogP contribution in [-0.4, -0.2) is 51.9 Å². The number of aromatic amines is 1. The Balaban J connectivity index is 1.50. The number of amides is 2. The van der Waals surface area contributed by atoms with Crippen molar-refractivity contribution >= 4 is 23.4 Å². The van der Waals surface area contributed by atoms with Crippen LogP contribution in [-0.2, 0) is 6.18 Å². The molecule has 198 valence electrons. The lowest BCUT2D eigenvalue weighted by Crippen LogP contribution is -2.44. The summed E-state index contributed by atoms with van der Waals surface area (Å²) in [5.41, 5.74) is -0.650. The molecule has 1 saturated heterocycles. The minimum Gasteiger partial charge on any atom is -0.477 e. The first-order valence-corrected chi connectivity index (χ1v) is 11.7. The third kappa shape index (κ3) is 7.22. The number of hydrogen-bond acceptors (Lipinski definition) is 8. The van der Waals surface area contributed by atoms with E-state index in [1.165, 1.54) is 6.07 Å². The van der Waals surface area contributed by atoms with Gasteiger partial charge >= 0.3 is 18.2 Å². The number of H-pyrrole nitrogens is 1. The Hall–Kier alpha value is -4.07. The van der Waals surface area contributed by atoms with Gasteiger partial charge in [0.15, 0.2) is 0 Å². The largest absolute Gasteiger partial charge is 0.477 e. The molecule has 4 rings (SSSR count). The molecular formula is C23H27F3N8O3. The van der Waals surface area contributed by atoms with Crippen molar-refractivity contribution in [3.05, 3.63) is 41.6 Å². The zero-order chi connectivity index (χ0) is 26.4. The van der Waals surface area contributed by atoms with Crippen molar-refractivity contribution in [1.29, 1.82) is 0 Å². The number of hydrogen-bond donors (Lipinski definition) is 5. The highest BCUT2D eigenvalue weighted by Crippen LogP contribution is 2.39. The second-order valence-corrected chi connectivity index (χ2v) is 8.29. The number of urea groups is 1. The average Bonchev–Trinajstić information content (AvgIpc) is 3.26. The van der Waals surface area contributed by atoms with Gasteiger partial charge in [0.1, 0.15) is 22.9 Å². The average molecular weight is 521 g/mol. The molecule has 1 aromatic carbocycles. The second kappa shape index (κ2) is 11.3. The molecule has 1 aliphatic heterocycles. The molecule has 37 heavy (non-hydrogen) atoms. The topological polar surface area (TPSA) is 138 Å². The van der Waals surface area contributed by atoms with Crippen LogP contribution in [0.2, 0.25) is 0 Å². The minimum atomic E-state index is -4.75. The zero-order valence-electron chi connectivity index (χ0n) is 20.2. The standard InChI is InChI=1S/C23H27F3N8O3/c1-3-36-20-12-19(33-34-20)31-18-10-13(2)28-22(32-18)37-17-5-4-15(11-16(17)23(24,25)26)30-21(35)29-14-6-8-27-9-7-14/h4-5,10-12,14,27H,3,6-9H2,1-2H3,(H2,29,30,35)(H2,28,31,32,33,34). The van der Waals surface area contributed by atoms with Crippen molar-refractivity contribution in [2.45, 2.75) is 38.9 Å². The Morgan fingerprint density at radius 3 is 2.68 bits per heavy atom. The number of piperidine rings is 1. The summed E-state index contributed by atoms with van der Waals surface area (Å²) in [6.45, 7) is 5.44. The molecule has 0 bridgehead atoms. The number of ether oxygens (including phenoxy) is 2. The van der Waals surface area contributed by atoms with Gasteiger partial charge < -0.3 is 30.7 Å². The predicted molar refractivity (Wildman–Crippen MR) is 129 cm³/mol. The van der Waals surface area contributed by atoms with Crippen LogP contribution >= 0.6 is 0 Å². The molecule has 2 amide bonds. The summed E-state index contributed by atoms with van der Waals surface area (Å²) in [7, 11) is 0. The first-order valence-electron chi connectivity index (χ1n) is 11.7. The van der Waals surface area contributed by atoms with E-state index in [9.17, 15) is 18.0 Å². The molecular weight excluding hydrogens is 493 g/mol. The Morgan fingerprint density at radius 2 is 1.95 bits per heavy atom. The molecule has 0 spiro atoms. The molecule has 11 nitrogen and oxygen atoms in total. The normalized spacial score (nSPS) is 14.2. The first-order chi connectivity index (χ1) is 17.7. The highest BCUT2D eigenvalue weighted by molar-refractivity contribution is 5.89. The lowest BCUT2D eigenvalue weighted by Gasteiger charge is -2.24. The highest BCUT2D eigenvalue weighted by Gasteiger charge is 2.35. The Morgan fingerprint density at radius 1 is 1.16 bits per heavy atom. The fourth-order valence-corrected chi connectivity index (χ4v) is 3.71. The molecule has 0 saturated carbocycles. The summed E-state index contributed by atoms with van der Waals surface area (Å²) in [4.78, 5) is 20.5. The van der Waals surface area contributed by atoms with Gasteiger partial charge in [0.25, 0.3) is 0 Å². The second-order valence-electron chi connectivity index (χ2n) is 8.29. The molecule has 0 unspecified atom stereocenters. The number of carbonyl (C=O) groups is 1. The maximum Gasteiger partial charge on any atom is 0.420 e. The van der Waals surface area contributed by atoms with Crippen LogP contribution in [0.4, 0.5) is 35.3 Å². The maximum atomic E-state index is 13.9. The number of halogens is 3. The summed E-state index contributed by atoms with van der Waals surface area (Å²) in [5.74, 6) is 0.603. The highest BCUT2D eigenvalue weighted by atomic mass is 19.4. The van der Waals surface area contributed by atoms with Gasteiger partial charge in [0.2, 0.25) is 5.88 Å². The quantitative estimate of drug-likeness (QED) is 0.296.